The van der Waals surface area contributed by atoms with Crippen molar-refractivity contribution in [3.63, 3.8) is 0 Å². The van der Waals surface area contributed by atoms with Crippen LogP contribution >= 0.6 is 12.2 Å². The molecule has 1 fully saturated rings. The zero-order valence-electron chi connectivity index (χ0n) is 19.2. The third-order valence-corrected chi connectivity index (χ3v) is 6.89. The fourth-order valence-corrected chi connectivity index (χ4v) is 5.16. The molecule has 3 aromatic rings. The first-order valence-electron chi connectivity index (χ1n) is 10.4. The van der Waals surface area contributed by atoms with Crippen molar-refractivity contribution in [1.29, 1.82) is 0 Å². The molecule has 0 unspecified atom stereocenters. The molecule has 3 heterocycles. The van der Waals surface area contributed by atoms with Crippen molar-refractivity contribution in [3.05, 3.63) is 71.3 Å². The number of hydrogen-bond donors (Lipinski definition) is 2. The molecule has 1 aliphatic heterocycles. The normalized spacial score (nSPS) is 18.3. The van der Waals surface area contributed by atoms with E-state index in [0.29, 0.717) is 16.5 Å². The molecule has 10 heteroatoms. The summed E-state index contributed by atoms with van der Waals surface area (Å²) < 4.78 is 33.9. The number of pyridine rings is 1. The molecule has 2 aromatic heterocycles. The van der Waals surface area contributed by atoms with Gasteiger partial charge in [-0.25, -0.2) is 8.42 Å². The van der Waals surface area contributed by atoms with Gasteiger partial charge in [-0.05, 0) is 68.0 Å². The minimum Gasteiger partial charge on any atom is -0.495 e. The highest BCUT2D eigenvalue weighted by atomic mass is 32.2. The highest BCUT2D eigenvalue weighted by Gasteiger charge is 2.42. The van der Waals surface area contributed by atoms with E-state index in [4.69, 9.17) is 17.0 Å². The van der Waals surface area contributed by atoms with Gasteiger partial charge in [-0.15, -0.1) is 0 Å². The Balaban J connectivity index is 1.88. The molecule has 0 bridgehead atoms. The Bertz CT molecular complexity index is 1310. The fourth-order valence-electron chi connectivity index (χ4n) is 4.26. The molecule has 1 aromatic carbocycles. The van der Waals surface area contributed by atoms with Gasteiger partial charge in [0.15, 0.2) is 5.11 Å². The average molecular weight is 486 g/mol. The predicted octanol–water partition coefficient (Wildman–Crippen LogP) is 3.59. The minimum absolute atomic E-state index is 0.187. The van der Waals surface area contributed by atoms with Crippen molar-refractivity contribution in [1.82, 2.24) is 14.9 Å². The molecule has 0 amide bonds. The van der Waals surface area contributed by atoms with Crippen LogP contribution in [0.25, 0.3) is 0 Å². The number of aryl methyl sites for hydroxylation is 1. The van der Waals surface area contributed by atoms with Crippen molar-refractivity contribution in [2.75, 3.05) is 23.0 Å². The van der Waals surface area contributed by atoms with Gasteiger partial charge in [0.2, 0.25) is 10.0 Å². The topological polar surface area (TPSA) is 88.5 Å². The summed E-state index contributed by atoms with van der Waals surface area (Å²) in [5.74, 6) is 0.423. The summed E-state index contributed by atoms with van der Waals surface area (Å²) in [5.41, 5.74) is 5.33. The number of rotatable bonds is 6. The second kappa shape index (κ2) is 8.68. The molecule has 0 spiro atoms. The van der Waals surface area contributed by atoms with E-state index in [9.17, 15) is 8.42 Å². The second-order valence-electron chi connectivity index (χ2n) is 8.14. The number of aromatic nitrogens is 2. The van der Waals surface area contributed by atoms with E-state index in [-0.39, 0.29) is 12.1 Å². The van der Waals surface area contributed by atoms with E-state index in [1.165, 1.54) is 7.11 Å². The van der Waals surface area contributed by atoms with Crippen LogP contribution in [0.15, 0.2) is 48.7 Å². The first-order valence-corrected chi connectivity index (χ1v) is 12.7. The summed E-state index contributed by atoms with van der Waals surface area (Å²) in [6.45, 7) is 4.15. The number of ether oxygens (including phenoxy) is 1. The molecule has 0 radical (unpaired) electrons. The van der Waals surface area contributed by atoms with Crippen molar-refractivity contribution in [2.45, 2.75) is 25.9 Å². The van der Waals surface area contributed by atoms with Gasteiger partial charge in [0.25, 0.3) is 0 Å². The SMILES string of the molecule is COc1ccc(N2C(=S)N[C@@H](c3ccccn3)[C@H]2c2cc(C)n(C)c2C)cc1NS(C)(=O)=O. The van der Waals surface area contributed by atoms with Gasteiger partial charge in [0.05, 0.1) is 36.8 Å². The lowest BCUT2D eigenvalue weighted by Gasteiger charge is -2.28. The molecule has 1 aliphatic rings. The summed E-state index contributed by atoms with van der Waals surface area (Å²) in [5, 5.41) is 3.97. The predicted molar refractivity (Wildman–Crippen MR) is 134 cm³/mol. The molecule has 0 aliphatic carbocycles. The van der Waals surface area contributed by atoms with Crippen LogP contribution in [0.2, 0.25) is 0 Å². The summed E-state index contributed by atoms with van der Waals surface area (Å²) in [6.07, 6.45) is 2.88. The van der Waals surface area contributed by atoms with Crippen LogP contribution < -0.4 is 19.7 Å². The fraction of sp³-hybridized carbons (Fsp3) is 0.304. The van der Waals surface area contributed by atoms with Crippen LogP contribution in [-0.2, 0) is 17.1 Å². The Morgan fingerprint density at radius 3 is 2.52 bits per heavy atom. The van der Waals surface area contributed by atoms with Gasteiger partial charge in [-0.3, -0.25) is 9.71 Å². The molecule has 2 N–H and O–H groups in total. The highest BCUT2D eigenvalue weighted by molar-refractivity contribution is 7.92. The summed E-state index contributed by atoms with van der Waals surface area (Å²) in [7, 11) is 0.0364. The smallest absolute Gasteiger partial charge is 0.229 e. The molecule has 4 rings (SSSR count). The Morgan fingerprint density at radius 2 is 1.94 bits per heavy atom. The number of anilines is 2. The lowest BCUT2D eigenvalue weighted by Crippen LogP contribution is -2.29. The largest absolute Gasteiger partial charge is 0.495 e. The maximum absolute atomic E-state index is 11.9. The number of hydrogen-bond acceptors (Lipinski definition) is 5. The number of sulfonamides is 1. The van der Waals surface area contributed by atoms with E-state index in [0.717, 1.165) is 34.6 Å². The number of nitrogens with one attached hydrogen (secondary N) is 2. The lowest BCUT2D eigenvalue weighted by molar-refractivity contribution is 0.417. The minimum atomic E-state index is -3.50. The van der Waals surface area contributed by atoms with Gasteiger partial charge < -0.3 is 19.5 Å². The Kier molecular flexibility index (Phi) is 6.06. The molecule has 1 saturated heterocycles. The van der Waals surface area contributed by atoms with E-state index >= 15 is 0 Å². The standard InChI is InChI=1S/C23H27N5O3S2/c1-14-12-17(15(2)27(14)3)22-21(18-8-6-7-11-24-18)25-23(32)28(22)16-9-10-20(31-4)19(13-16)26-33(5,29)30/h6-13,21-22,26H,1-5H3,(H,25,32)/t21-,22+/m0/s1. The van der Waals surface area contributed by atoms with Crippen molar-refractivity contribution >= 4 is 38.7 Å². The molecular formula is C23H27N5O3S2. The van der Waals surface area contributed by atoms with Crippen LogP contribution in [0, 0.1) is 13.8 Å². The highest BCUT2D eigenvalue weighted by Crippen LogP contribution is 2.44. The van der Waals surface area contributed by atoms with Gasteiger partial charge in [-0.1, -0.05) is 6.07 Å². The van der Waals surface area contributed by atoms with Crippen molar-refractivity contribution in [3.8, 4) is 5.75 Å². The van der Waals surface area contributed by atoms with Gasteiger partial charge >= 0.3 is 0 Å². The quantitative estimate of drug-likeness (QED) is 0.516. The van der Waals surface area contributed by atoms with E-state index in [2.05, 4.69) is 39.5 Å². The monoisotopic (exact) mass is 485 g/mol. The maximum Gasteiger partial charge on any atom is 0.229 e. The van der Waals surface area contributed by atoms with Crippen molar-refractivity contribution < 1.29 is 13.2 Å². The molecule has 0 saturated carbocycles. The second-order valence-corrected chi connectivity index (χ2v) is 10.3. The van der Waals surface area contributed by atoms with Crippen LogP contribution in [-0.4, -0.2) is 36.4 Å². The Hall–Kier alpha value is -3.11. The van der Waals surface area contributed by atoms with Crippen LogP contribution in [0.1, 0.15) is 34.7 Å². The first-order chi connectivity index (χ1) is 15.6. The number of benzene rings is 1. The summed E-state index contributed by atoms with van der Waals surface area (Å²) in [4.78, 5) is 6.60. The number of methoxy groups -OCH3 is 1. The molecule has 2 atom stereocenters. The van der Waals surface area contributed by atoms with Gasteiger partial charge in [0.1, 0.15) is 5.75 Å². The van der Waals surface area contributed by atoms with E-state index in [1.807, 2.05) is 36.2 Å². The third-order valence-electron chi connectivity index (χ3n) is 5.99. The third kappa shape index (κ3) is 4.40. The Labute approximate surface area is 199 Å². The lowest BCUT2D eigenvalue weighted by atomic mass is 9.96. The summed E-state index contributed by atoms with van der Waals surface area (Å²) >= 11 is 5.78. The first kappa shape index (κ1) is 23.1. The average Bonchev–Trinajstić information content (AvgIpc) is 3.24. The summed E-state index contributed by atoms with van der Waals surface area (Å²) in [6, 6.07) is 13.0. The number of thiocarbonyl (C=S) groups is 1. The molecule has 33 heavy (non-hydrogen) atoms. The zero-order chi connectivity index (χ0) is 23.9. The maximum atomic E-state index is 11.9. The van der Waals surface area contributed by atoms with Gasteiger partial charge in [0, 0.05) is 30.3 Å². The Morgan fingerprint density at radius 1 is 1.18 bits per heavy atom. The molecular weight excluding hydrogens is 458 g/mol. The van der Waals surface area contributed by atoms with Crippen molar-refractivity contribution in [2.24, 2.45) is 7.05 Å². The van der Waals surface area contributed by atoms with E-state index in [1.54, 1.807) is 18.3 Å². The molecule has 8 nitrogen and oxygen atoms in total. The van der Waals surface area contributed by atoms with Crippen LogP contribution in [0.3, 0.4) is 0 Å². The zero-order valence-corrected chi connectivity index (χ0v) is 20.8. The van der Waals surface area contributed by atoms with E-state index < -0.39 is 10.0 Å². The van der Waals surface area contributed by atoms with Gasteiger partial charge in [-0.2, -0.15) is 0 Å². The van der Waals surface area contributed by atoms with Crippen LogP contribution in [0.4, 0.5) is 11.4 Å². The van der Waals surface area contributed by atoms with Crippen LogP contribution in [0.5, 0.6) is 5.75 Å². The number of nitrogens with zero attached hydrogens (tertiary/aromatic N) is 3. The molecule has 174 valence electrons.